The molecule has 1 aromatic carbocycles. The normalized spacial score (nSPS) is 19.3. The van der Waals surface area contributed by atoms with Crippen LogP contribution in [0.15, 0.2) is 23.1 Å². The minimum atomic E-state index is -3.68. The average Bonchev–Trinajstić information content (AvgIpc) is 2.73. The minimum Gasteiger partial charge on any atom is -0.370 e. The third kappa shape index (κ3) is 5.94. The molecule has 162 valence electrons. The van der Waals surface area contributed by atoms with Crippen molar-refractivity contribution in [3.05, 3.63) is 28.2 Å². The Kier molecular flexibility index (Phi) is 8.38. The summed E-state index contributed by atoms with van der Waals surface area (Å²) in [6.45, 7) is 7.52. The van der Waals surface area contributed by atoms with Crippen LogP contribution in [-0.4, -0.2) is 88.3 Å². The molecule has 0 radical (unpaired) electrons. The number of thiocarbonyl (C=S) groups is 1. The van der Waals surface area contributed by atoms with Crippen molar-refractivity contribution in [2.45, 2.75) is 11.3 Å². The first kappa shape index (κ1) is 23.0. The van der Waals surface area contributed by atoms with Crippen molar-refractivity contribution in [3.63, 3.8) is 0 Å². The molecule has 29 heavy (non-hydrogen) atoms. The molecule has 0 amide bonds. The highest BCUT2D eigenvalue weighted by Gasteiger charge is 2.31. The summed E-state index contributed by atoms with van der Waals surface area (Å²) < 4.78 is 32.6. The second-order valence-corrected chi connectivity index (χ2v) is 10.2. The van der Waals surface area contributed by atoms with Gasteiger partial charge >= 0.3 is 0 Å². The first-order valence-corrected chi connectivity index (χ1v) is 12.4. The maximum atomic E-state index is 12.9. The van der Waals surface area contributed by atoms with Crippen LogP contribution in [0.2, 0.25) is 10.0 Å². The molecular formula is C18H27Cl2N4O3S2+. The lowest BCUT2D eigenvalue weighted by atomic mass is 10.3. The van der Waals surface area contributed by atoms with Crippen molar-refractivity contribution in [1.82, 2.24) is 14.5 Å². The van der Waals surface area contributed by atoms with E-state index >= 15 is 0 Å². The predicted molar refractivity (Wildman–Crippen MR) is 118 cm³/mol. The van der Waals surface area contributed by atoms with Gasteiger partial charge in [-0.3, -0.25) is 0 Å². The Labute approximate surface area is 187 Å². The Hall–Kier alpha value is -0.680. The molecule has 0 aromatic heterocycles. The van der Waals surface area contributed by atoms with E-state index in [-0.39, 0.29) is 14.9 Å². The molecule has 11 heteroatoms. The molecule has 0 spiro atoms. The Morgan fingerprint density at radius 2 is 1.86 bits per heavy atom. The van der Waals surface area contributed by atoms with Gasteiger partial charge in [-0.15, -0.1) is 0 Å². The molecule has 2 aliphatic rings. The highest BCUT2D eigenvalue weighted by molar-refractivity contribution is 7.89. The molecule has 2 saturated heterocycles. The monoisotopic (exact) mass is 481 g/mol. The lowest BCUT2D eigenvalue weighted by molar-refractivity contribution is -0.908. The maximum absolute atomic E-state index is 12.9. The van der Waals surface area contributed by atoms with E-state index < -0.39 is 10.0 Å². The van der Waals surface area contributed by atoms with Crippen molar-refractivity contribution < 1.29 is 18.1 Å². The summed E-state index contributed by atoms with van der Waals surface area (Å²) in [4.78, 5) is 3.64. The van der Waals surface area contributed by atoms with Gasteiger partial charge in [0.05, 0.1) is 29.8 Å². The smallest absolute Gasteiger partial charge is 0.244 e. The van der Waals surface area contributed by atoms with E-state index in [1.807, 2.05) is 4.90 Å². The van der Waals surface area contributed by atoms with Gasteiger partial charge in [-0.05, 0) is 24.4 Å². The molecule has 3 rings (SSSR count). The zero-order valence-electron chi connectivity index (χ0n) is 16.2. The quantitative estimate of drug-likeness (QED) is 0.455. The van der Waals surface area contributed by atoms with Crippen LogP contribution in [0, 0.1) is 0 Å². The van der Waals surface area contributed by atoms with E-state index in [1.165, 1.54) is 10.4 Å². The molecule has 0 unspecified atom stereocenters. The summed E-state index contributed by atoms with van der Waals surface area (Å²) in [5, 5.41) is 4.28. The predicted octanol–water partition coefficient (Wildman–Crippen LogP) is 0.479. The van der Waals surface area contributed by atoms with E-state index in [9.17, 15) is 8.42 Å². The number of piperazine rings is 1. The van der Waals surface area contributed by atoms with Crippen LogP contribution in [0.3, 0.4) is 0 Å². The van der Waals surface area contributed by atoms with Crippen LogP contribution < -0.4 is 10.2 Å². The SMILES string of the molecule is O=S(=O)(c1cccc(Cl)c1Cl)N1CCN(C(=S)NCCC[NH+]2CCOCC2)CC1. The first-order valence-electron chi connectivity index (χ1n) is 9.78. The molecule has 0 aliphatic carbocycles. The van der Waals surface area contributed by atoms with Crippen LogP contribution in [0.1, 0.15) is 6.42 Å². The van der Waals surface area contributed by atoms with Gasteiger partial charge in [0.1, 0.15) is 18.0 Å². The Bertz CT molecular complexity index is 811. The Balaban J connectivity index is 1.44. The number of nitrogens with one attached hydrogen (secondary N) is 2. The number of hydrogen-bond acceptors (Lipinski definition) is 4. The second-order valence-electron chi connectivity index (χ2n) is 7.14. The van der Waals surface area contributed by atoms with Crippen molar-refractivity contribution >= 4 is 50.6 Å². The highest BCUT2D eigenvalue weighted by atomic mass is 35.5. The molecule has 0 bridgehead atoms. The highest BCUT2D eigenvalue weighted by Crippen LogP contribution is 2.31. The largest absolute Gasteiger partial charge is 0.370 e. The summed E-state index contributed by atoms with van der Waals surface area (Å²) in [5.41, 5.74) is 0. The lowest BCUT2D eigenvalue weighted by Gasteiger charge is -2.35. The van der Waals surface area contributed by atoms with Crippen LogP contribution in [0.4, 0.5) is 0 Å². The standard InChI is InChI=1S/C18H26Cl2N4O3S2/c19-15-3-1-4-16(17(15)20)29(25,26)24-9-7-23(8-10-24)18(28)21-5-2-6-22-11-13-27-14-12-22/h1,3-4H,2,5-14H2,(H,21,28)/p+1. The fourth-order valence-corrected chi connectivity index (χ4v) is 5.95. The number of rotatable bonds is 6. The molecular weight excluding hydrogens is 455 g/mol. The number of morpholine rings is 1. The number of hydrogen-bond donors (Lipinski definition) is 2. The van der Waals surface area contributed by atoms with Gasteiger partial charge in [-0.25, -0.2) is 8.42 Å². The summed E-state index contributed by atoms with van der Waals surface area (Å²) in [7, 11) is -3.68. The Morgan fingerprint density at radius 3 is 2.55 bits per heavy atom. The number of sulfonamides is 1. The lowest BCUT2D eigenvalue weighted by Crippen LogP contribution is -3.14. The van der Waals surface area contributed by atoms with Crippen LogP contribution in [-0.2, 0) is 14.8 Å². The van der Waals surface area contributed by atoms with Crippen LogP contribution in [0.25, 0.3) is 0 Å². The van der Waals surface area contributed by atoms with Crippen molar-refractivity contribution in [2.24, 2.45) is 0 Å². The molecule has 1 aromatic rings. The van der Waals surface area contributed by atoms with Gasteiger partial charge in [-0.1, -0.05) is 29.3 Å². The van der Waals surface area contributed by atoms with Crippen molar-refractivity contribution in [1.29, 1.82) is 0 Å². The molecule has 2 fully saturated rings. The van der Waals surface area contributed by atoms with E-state index in [0.717, 1.165) is 45.8 Å². The summed E-state index contributed by atoms with van der Waals surface area (Å²) in [6, 6.07) is 4.65. The summed E-state index contributed by atoms with van der Waals surface area (Å²) in [5.74, 6) is 0. The number of nitrogens with zero attached hydrogens (tertiary/aromatic N) is 2. The van der Waals surface area contributed by atoms with Gasteiger partial charge in [-0.2, -0.15) is 4.31 Å². The fourth-order valence-electron chi connectivity index (χ4n) is 3.51. The van der Waals surface area contributed by atoms with Gasteiger partial charge < -0.3 is 19.9 Å². The van der Waals surface area contributed by atoms with Crippen LogP contribution in [0.5, 0.6) is 0 Å². The third-order valence-corrected chi connectivity index (χ3v) is 8.52. The average molecular weight is 482 g/mol. The third-order valence-electron chi connectivity index (χ3n) is 5.24. The van der Waals surface area contributed by atoms with Crippen molar-refractivity contribution in [2.75, 3.05) is 65.6 Å². The van der Waals surface area contributed by atoms with Gasteiger partial charge in [0, 0.05) is 39.1 Å². The molecule has 2 heterocycles. The molecule has 2 N–H and O–H groups in total. The number of ether oxygens (including phenoxy) is 1. The topological polar surface area (TPSA) is 66.3 Å². The van der Waals surface area contributed by atoms with Gasteiger partial charge in [0.15, 0.2) is 5.11 Å². The minimum absolute atomic E-state index is 0.0476. The van der Waals surface area contributed by atoms with E-state index in [2.05, 4.69) is 5.32 Å². The zero-order valence-corrected chi connectivity index (χ0v) is 19.3. The molecule has 2 aliphatic heterocycles. The first-order chi connectivity index (χ1) is 13.9. The molecule has 0 atom stereocenters. The van der Waals surface area contributed by atoms with E-state index in [0.29, 0.717) is 31.3 Å². The second kappa shape index (κ2) is 10.6. The summed E-state index contributed by atoms with van der Waals surface area (Å²) in [6.07, 6.45) is 1.04. The number of halogens is 2. The van der Waals surface area contributed by atoms with Crippen molar-refractivity contribution in [3.8, 4) is 0 Å². The fraction of sp³-hybridized carbons (Fsp3) is 0.611. The zero-order chi connectivity index (χ0) is 20.9. The van der Waals surface area contributed by atoms with Gasteiger partial charge in [0.2, 0.25) is 10.0 Å². The molecule has 7 nitrogen and oxygen atoms in total. The summed E-state index contributed by atoms with van der Waals surface area (Å²) >= 11 is 17.6. The van der Waals surface area contributed by atoms with Crippen LogP contribution >= 0.6 is 35.4 Å². The maximum Gasteiger partial charge on any atom is 0.244 e. The molecule has 0 saturated carbocycles. The van der Waals surface area contributed by atoms with E-state index in [4.69, 9.17) is 40.2 Å². The number of benzene rings is 1. The van der Waals surface area contributed by atoms with Gasteiger partial charge in [0.25, 0.3) is 0 Å². The number of quaternary nitrogens is 1. The van der Waals surface area contributed by atoms with E-state index in [1.54, 1.807) is 17.0 Å². The Morgan fingerprint density at radius 1 is 1.17 bits per heavy atom.